The fraction of sp³-hybridized carbons (Fsp3) is 0.706. The monoisotopic (exact) mass is 323 g/mol. The fourth-order valence-corrected chi connectivity index (χ4v) is 3.10. The van der Waals surface area contributed by atoms with Crippen molar-refractivity contribution in [1.82, 2.24) is 15.5 Å². The first-order valence-electron chi connectivity index (χ1n) is 8.56. The van der Waals surface area contributed by atoms with E-state index in [4.69, 9.17) is 4.42 Å². The maximum Gasteiger partial charge on any atom is 0.315 e. The minimum atomic E-state index is -0.697. The van der Waals surface area contributed by atoms with Crippen LogP contribution in [0.4, 0.5) is 4.79 Å². The number of urea groups is 1. The smallest absolute Gasteiger partial charge is 0.315 e. The molecular formula is C17H29N3O3. The van der Waals surface area contributed by atoms with Gasteiger partial charge in [0.2, 0.25) is 0 Å². The van der Waals surface area contributed by atoms with Crippen molar-refractivity contribution in [3.63, 3.8) is 0 Å². The normalized spacial score (nSPS) is 21.1. The van der Waals surface area contributed by atoms with Gasteiger partial charge in [-0.15, -0.1) is 0 Å². The van der Waals surface area contributed by atoms with E-state index in [-0.39, 0.29) is 12.1 Å². The lowest BCUT2D eigenvalue weighted by Crippen LogP contribution is -2.43. The summed E-state index contributed by atoms with van der Waals surface area (Å²) in [6.45, 7) is 8.13. The molecule has 0 bridgehead atoms. The van der Waals surface area contributed by atoms with E-state index in [0.717, 1.165) is 26.1 Å². The molecule has 1 aliphatic rings. The molecule has 6 heteroatoms. The maximum atomic E-state index is 11.9. The summed E-state index contributed by atoms with van der Waals surface area (Å²) < 4.78 is 5.16. The summed E-state index contributed by atoms with van der Waals surface area (Å²) in [6, 6.07) is 3.18. The second kappa shape index (κ2) is 8.93. The van der Waals surface area contributed by atoms with Crippen molar-refractivity contribution in [2.24, 2.45) is 5.92 Å². The van der Waals surface area contributed by atoms with Crippen LogP contribution in [0.15, 0.2) is 22.8 Å². The number of rotatable bonds is 8. The first-order chi connectivity index (χ1) is 11.1. The van der Waals surface area contributed by atoms with Gasteiger partial charge >= 0.3 is 6.03 Å². The van der Waals surface area contributed by atoms with Gasteiger partial charge in [0.25, 0.3) is 0 Å². The summed E-state index contributed by atoms with van der Waals surface area (Å²) >= 11 is 0. The van der Waals surface area contributed by atoms with Crippen molar-refractivity contribution >= 4 is 6.03 Å². The lowest BCUT2D eigenvalue weighted by atomic mass is 10.1. The first-order valence-corrected chi connectivity index (χ1v) is 8.56. The van der Waals surface area contributed by atoms with Crippen molar-refractivity contribution < 1.29 is 14.3 Å². The van der Waals surface area contributed by atoms with E-state index < -0.39 is 6.10 Å². The minimum Gasteiger partial charge on any atom is -0.467 e. The van der Waals surface area contributed by atoms with Gasteiger partial charge in [0.1, 0.15) is 11.9 Å². The van der Waals surface area contributed by atoms with Crippen molar-refractivity contribution in [2.45, 2.75) is 45.3 Å². The third-order valence-corrected chi connectivity index (χ3v) is 4.29. The largest absolute Gasteiger partial charge is 0.467 e. The number of carbonyl (C=O) groups is 1. The number of nitrogens with one attached hydrogen (secondary N) is 2. The van der Waals surface area contributed by atoms with Crippen LogP contribution >= 0.6 is 0 Å². The Hall–Kier alpha value is -1.53. The van der Waals surface area contributed by atoms with Gasteiger partial charge in [-0.3, -0.25) is 0 Å². The van der Waals surface area contributed by atoms with E-state index in [2.05, 4.69) is 22.5 Å². The van der Waals surface area contributed by atoms with Crippen molar-refractivity contribution in [2.75, 3.05) is 26.2 Å². The van der Waals surface area contributed by atoms with Crippen LogP contribution in [0.5, 0.6) is 0 Å². The Morgan fingerprint density at radius 1 is 1.57 bits per heavy atom. The second-order valence-electron chi connectivity index (χ2n) is 6.48. The molecule has 0 spiro atoms. The van der Waals surface area contributed by atoms with Crippen LogP contribution in [0.25, 0.3) is 0 Å². The highest BCUT2D eigenvalue weighted by Crippen LogP contribution is 2.18. The SMILES string of the molecule is CCCN1CCC(CNC(=O)NC(C)CC(O)c2ccco2)C1. The van der Waals surface area contributed by atoms with Gasteiger partial charge in [0, 0.05) is 25.6 Å². The average Bonchev–Trinajstić information content (AvgIpc) is 3.17. The second-order valence-corrected chi connectivity index (χ2v) is 6.48. The number of hydrogen-bond donors (Lipinski definition) is 3. The summed E-state index contributed by atoms with van der Waals surface area (Å²) in [4.78, 5) is 14.4. The van der Waals surface area contributed by atoms with E-state index in [0.29, 0.717) is 24.6 Å². The van der Waals surface area contributed by atoms with Crippen LogP contribution in [0.2, 0.25) is 0 Å². The highest BCUT2D eigenvalue weighted by atomic mass is 16.4. The van der Waals surface area contributed by atoms with E-state index >= 15 is 0 Å². The molecule has 2 amide bonds. The molecule has 3 unspecified atom stereocenters. The Bertz CT molecular complexity index is 464. The zero-order valence-corrected chi connectivity index (χ0v) is 14.1. The number of nitrogens with zero attached hydrogens (tertiary/aromatic N) is 1. The van der Waals surface area contributed by atoms with Gasteiger partial charge in [-0.2, -0.15) is 0 Å². The average molecular weight is 323 g/mol. The minimum absolute atomic E-state index is 0.129. The summed E-state index contributed by atoms with van der Waals surface area (Å²) in [5.74, 6) is 1.07. The summed E-state index contributed by atoms with van der Waals surface area (Å²) in [7, 11) is 0. The van der Waals surface area contributed by atoms with Crippen LogP contribution in [0.3, 0.4) is 0 Å². The topological polar surface area (TPSA) is 77.7 Å². The third-order valence-electron chi connectivity index (χ3n) is 4.29. The summed E-state index contributed by atoms with van der Waals surface area (Å²) in [5, 5.41) is 15.8. The van der Waals surface area contributed by atoms with E-state index in [1.807, 2.05) is 6.92 Å². The van der Waals surface area contributed by atoms with E-state index in [9.17, 15) is 9.90 Å². The van der Waals surface area contributed by atoms with Crippen molar-refractivity contribution in [3.8, 4) is 0 Å². The molecule has 0 aromatic carbocycles. The third kappa shape index (κ3) is 5.88. The van der Waals surface area contributed by atoms with Crippen LogP contribution in [-0.4, -0.2) is 48.3 Å². The Morgan fingerprint density at radius 3 is 3.09 bits per heavy atom. The zero-order chi connectivity index (χ0) is 16.7. The lowest BCUT2D eigenvalue weighted by molar-refractivity contribution is 0.129. The van der Waals surface area contributed by atoms with Crippen molar-refractivity contribution in [1.29, 1.82) is 0 Å². The van der Waals surface area contributed by atoms with Gasteiger partial charge in [0.05, 0.1) is 6.26 Å². The predicted molar refractivity (Wildman–Crippen MR) is 89.1 cm³/mol. The summed E-state index contributed by atoms with van der Waals surface area (Å²) in [6.07, 6.45) is 3.59. The molecule has 1 saturated heterocycles. The molecule has 6 nitrogen and oxygen atoms in total. The number of carbonyl (C=O) groups excluding carboxylic acids is 1. The fourth-order valence-electron chi connectivity index (χ4n) is 3.10. The number of likely N-dealkylation sites (tertiary alicyclic amines) is 1. The molecule has 1 aromatic heterocycles. The molecule has 1 aromatic rings. The number of hydrogen-bond acceptors (Lipinski definition) is 4. The van der Waals surface area contributed by atoms with Crippen LogP contribution in [0.1, 0.15) is 45.0 Å². The maximum absolute atomic E-state index is 11.9. The molecule has 0 saturated carbocycles. The zero-order valence-electron chi connectivity index (χ0n) is 14.1. The Labute approximate surface area is 138 Å². The highest BCUT2D eigenvalue weighted by molar-refractivity contribution is 5.74. The number of amides is 2. The molecule has 2 heterocycles. The number of aliphatic hydroxyl groups is 1. The van der Waals surface area contributed by atoms with Gasteiger partial charge in [-0.1, -0.05) is 6.92 Å². The quantitative estimate of drug-likeness (QED) is 0.685. The Balaban J connectivity index is 1.62. The molecule has 0 aliphatic carbocycles. The molecular weight excluding hydrogens is 294 g/mol. The molecule has 1 fully saturated rings. The standard InChI is InChI=1S/C17H29N3O3/c1-3-7-20-8-6-14(12-20)11-18-17(22)19-13(2)10-15(21)16-5-4-9-23-16/h4-5,9,13-15,21H,3,6-8,10-12H2,1-2H3,(H2,18,19,22). The Morgan fingerprint density at radius 2 is 2.39 bits per heavy atom. The molecule has 0 radical (unpaired) electrons. The lowest BCUT2D eigenvalue weighted by Gasteiger charge is -2.18. The molecule has 1 aliphatic heterocycles. The predicted octanol–water partition coefficient (Wildman–Crippen LogP) is 2.12. The van der Waals surface area contributed by atoms with Gasteiger partial charge in [-0.05, 0) is 50.9 Å². The molecule has 23 heavy (non-hydrogen) atoms. The van der Waals surface area contributed by atoms with Gasteiger partial charge < -0.3 is 25.1 Å². The Kier molecular flexibility index (Phi) is 6.92. The first kappa shape index (κ1) is 17.8. The van der Waals surface area contributed by atoms with Crippen LogP contribution in [-0.2, 0) is 0 Å². The van der Waals surface area contributed by atoms with E-state index in [1.165, 1.54) is 12.7 Å². The molecule has 130 valence electrons. The van der Waals surface area contributed by atoms with Crippen LogP contribution in [0, 0.1) is 5.92 Å². The molecule has 2 rings (SSSR count). The molecule has 3 atom stereocenters. The van der Waals surface area contributed by atoms with Gasteiger partial charge in [-0.25, -0.2) is 4.79 Å². The highest BCUT2D eigenvalue weighted by Gasteiger charge is 2.22. The molecule has 3 N–H and O–H groups in total. The van der Waals surface area contributed by atoms with E-state index in [1.54, 1.807) is 12.1 Å². The van der Waals surface area contributed by atoms with Gasteiger partial charge in [0.15, 0.2) is 0 Å². The number of aliphatic hydroxyl groups excluding tert-OH is 1. The number of furan rings is 1. The summed E-state index contributed by atoms with van der Waals surface area (Å²) in [5.41, 5.74) is 0. The van der Waals surface area contributed by atoms with Crippen molar-refractivity contribution in [3.05, 3.63) is 24.2 Å². The van der Waals surface area contributed by atoms with Crippen LogP contribution < -0.4 is 10.6 Å².